The molecule has 1 amide bonds. The summed E-state index contributed by atoms with van der Waals surface area (Å²) in [4.78, 5) is 14.7. The van der Waals surface area contributed by atoms with Gasteiger partial charge in [0.05, 0.1) is 40.2 Å². The predicted molar refractivity (Wildman–Crippen MR) is 114 cm³/mol. The summed E-state index contributed by atoms with van der Waals surface area (Å²) in [6, 6.07) is 8.69. The molecule has 0 saturated carbocycles. The summed E-state index contributed by atoms with van der Waals surface area (Å²) in [5, 5.41) is 4.17. The van der Waals surface area contributed by atoms with E-state index in [1.165, 1.54) is 6.26 Å². The summed E-state index contributed by atoms with van der Waals surface area (Å²) >= 11 is 0. The maximum absolute atomic E-state index is 13.0. The van der Waals surface area contributed by atoms with E-state index in [4.69, 9.17) is 27.9 Å². The van der Waals surface area contributed by atoms with Gasteiger partial charge in [0.25, 0.3) is 5.91 Å². The van der Waals surface area contributed by atoms with Crippen molar-refractivity contribution in [1.82, 2.24) is 10.1 Å². The first kappa shape index (κ1) is 21.8. The number of hydrogen-bond donors (Lipinski definition) is 0. The van der Waals surface area contributed by atoms with Crippen LogP contribution in [0.3, 0.4) is 0 Å². The van der Waals surface area contributed by atoms with Crippen molar-refractivity contribution < 1.29 is 32.7 Å². The Morgan fingerprint density at radius 2 is 1.94 bits per heavy atom. The minimum atomic E-state index is -0.220. The molecule has 1 unspecified atom stereocenters. The highest BCUT2D eigenvalue weighted by Gasteiger charge is 2.26. The zero-order valence-corrected chi connectivity index (χ0v) is 18.3. The smallest absolute Gasteiger partial charge is 0.289 e. The van der Waals surface area contributed by atoms with Crippen molar-refractivity contribution in [3.8, 4) is 28.6 Å². The Kier molecular flexibility index (Phi) is 6.65. The predicted octanol–water partition coefficient (Wildman–Crippen LogP) is 3.78. The van der Waals surface area contributed by atoms with Crippen LogP contribution >= 0.6 is 0 Å². The summed E-state index contributed by atoms with van der Waals surface area (Å²) in [5.41, 5.74) is 1.31. The van der Waals surface area contributed by atoms with Crippen LogP contribution in [-0.4, -0.2) is 56.5 Å². The van der Waals surface area contributed by atoms with Crippen molar-refractivity contribution in [2.45, 2.75) is 25.5 Å². The zero-order chi connectivity index (χ0) is 22.5. The third-order valence-electron chi connectivity index (χ3n) is 5.33. The Hall–Kier alpha value is -3.46. The van der Waals surface area contributed by atoms with Crippen molar-refractivity contribution >= 4 is 5.91 Å². The summed E-state index contributed by atoms with van der Waals surface area (Å²) in [7, 11) is 4.65. The third kappa shape index (κ3) is 4.57. The molecule has 1 fully saturated rings. The standard InChI is InChI=1S/C23H26N2O7/c1-27-20-10-15(11-21(28-2)22(20)29-3)19-12-16(24-32-19)13-25(14-17-6-4-8-30-17)23(26)18-7-5-9-31-18/h5,7,9-12,17H,4,6,8,13-14H2,1-3H3. The second-order valence-corrected chi connectivity index (χ2v) is 7.39. The zero-order valence-electron chi connectivity index (χ0n) is 18.3. The molecule has 9 heteroatoms. The van der Waals surface area contributed by atoms with Crippen molar-refractivity contribution in [3.05, 3.63) is 48.0 Å². The molecule has 1 aromatic carbocycles. The number of carbonyl (C=O) groups excluding carboxylic acids is 1. The maximum atomic E-state index is 13.0. The Bertz CT molecular complexity index is 1010. The molecule has 0 N–H and O–H groups in total. The molecule has 1 aliphatic heterocycles. The second kappa shape index (κ2) is 9.78. The number of aromatic nitrogens is 1. The first-order chi connectivity index (χ1) is 15.6. The quantitative estimate of drug-likeness (QED) is 0.494. The lowest BCUT2D eigenvalue weighted by atomic mass is 10.1. The number of furan rings is 1. The number of carbonyl (C=O) groups is 1. The average molecular weight is 442 g/mol. The highest BCUT2D eigenvalue weighted by Crippen LogP contribution is 2.41. The molecule has 4 rings (SSSR count). The molecule has 1 atom stereocenters. The van der Waals surface area contributed by atoms with Crippen LogP contribution in [0.2, 0.25) is 0 Å². The van der Waals surface area contributed by atoms with Crippen molar-refractivity contribution in [3.63, 3.8) is 0 Å². The van der Waals surface area contributed by atoms with Crippen LogP contribution in [0.1, 0.15) is 29.1 Å². The van der Waals surface area contributed by atoms with Crippen LogP contribution in [0.15, 0.2) is 45.5 Å². The Morgan fingerprint density at radius 1 is 1.16 bits per heavy atom. The SMILES string of the molecule is COc1cc(-c2cc(CN(CC3CCCO3)C(=O)c3ccco3)no2)cc(OC)c1OC. The molecule has 0 aliphatic carbocycles. The van der Waals surface area contributed by atoms with Gasteiger partial charge in [0.1, 0.15) is 5.69 Å². The lowest BCUT2D eigenvalue weighted by Gasteiger charge is -2.23. The van der Waals surface area contributed by atoms with Gasteiger partial charge in [-0.3, -0.25) is 4.79 Å². The minimum absolute atomic E-state index is 0.00426. The Morgan fingerprint density at radius 3 is 2.53 bits per heavy atom. The van der Waals surface area contributed by atoms with E-state index in [1.54, 1.807) is 56.6 Å². The largest absolute Gasteiger partial charge is 0.493 e. The topological polar surface area (TPSA) is 96.4 Å². The number of benzene rings is 1. The number of rotatable bonds is 9. The van der Waals surface area contributed by atoms with Gasteiger partial charge in [-0.2, -0.15) is 0 Å². The minimum Gasteiger partial charge on any atom is -0.493 e. The van der Waals surface area contributed by atoms with Gasteiger partial charge in [-0.1, -0.05) is 5.16 Å². The highest BCUT2D eigenvalue weighted by molar-refractivity contribution is 5.91. The molecule has 0 radical (unpaired) electrons. The normalized spacial score (nSPS) is 15.5. The van der Waals surface area contributed by atoms with Gasteiger partial charge in [-0.05, 0) is 37.1 Å². The Balaban J connectivity index is 1.58. The van der Waals surface area contributed by atoms with Crippen LogP contribution in [0, 0.1) is 0 Å². The fraction of sp³-hybridized carbons (Fsp3) is 0.391. The van der Waals surface area contributed by atoms with E-state index in [-0.39, 0.29) is 24.3 Å². The van der Waals surface area contributed by atoms with Crippen molar-refractivity contribution in [2.24, 2.45) is 0 Å². The van der Waals surface area contributed by atoms with E-state index in [2.05, 4.69) is 5.16 Å². The molecule has 9 nitrogen and oxygen atoms in total. The van der Waals surface area contributed by atoms with E-state index in [0.717, 1.165) is 12.8 Å². The molecule has 1 saturated heterocycles. The molecular formula is C23H26N2O7. The lowest BCUT2D eigenvalue weighted by Crippen LogP contribution is -2.36. The first-order valence-corrected chi connectivity index (χ1v) is 10.3. The average Bonchev–Trinajstić information content (AvgIpc) is 3.60. The third-order valence-corrected chi connectivity index (χ3v) is 5.33. The molecule has 0 spiro atoms. The van der Waals surface area contributed by atoms with E-state index in [9.17, 15) is 4.79 Å². The van der Waals surface area contributed by atoms with E-state index in [1.807, 2.05) is 0 Å². The summed E-state index contributed by atoms with van der Waals surface area (Å²) in [6.07, 6.45) is 3.38. The van der Waals surface area contributed by atoms with E-state index >= 15 is 0 Å². The molecule has 3 aromatic rings. The number of hydrogen-bond acceptors (Lipinski definition) is 8. The van der Waals surface area contributed by atoms with Gasteiger partial charge in [-0.25, -0.2) is 0 Å². The molecular weight excluding hydrogens is 416 g/mol. The fourth-order valence-corrected chi connectivity index (χ4v) is 3.75. The van der Waals surface area contributed by atoms with Gasteiger partial charge in [-0.15, -0.1) is 0 Å². The molecule has 0 bridgehead atoms. The number of ether oxygens (including phenoxy) is 4. The molecule has 32 heavy (non-hydrogen) atoms. The van der Waals surface area contributed by atoms with Gasteiger partial charge >= 0.3 is 0 Å². The monoisotopic (exact) mass is 442 g/mol. The van der Waals surface area contributed by atoms with Crippen LogP contribution in [-0.2, 0) is 11.3 Å². The summed E-state index contributed by atoms with van der Waals surface area (Å²) < 4.78 is 32.8. The van der Waals surface area contributed by atoms with Gasteiger partial charge in [0.15, 0.2) is 23.0 Å². The number of amides is 1. The van der Waals surface area contributed by atoms with Crippen LogP contribution in [0.4, 0.5) is 0 Å². The van der Waals surface area contributed by atoms with Crippen LogP contribution < -0.4 is 14.2 Å². The van der Waals surface area contributed by atoms with Crippen molar-refractivity contribution in [1.29, 1.82) is 0 Å². The molecule has 1 aliphatic rings. The highest BCUT2D eigenvalue weighted by atomic mass is 16.5. The first-order valence-electron chi connectivity index (χ1n) is 10.3. The van der Waals surface area contributed by atoms with E-state index < -0.39 is 0 Å². The summed E-state index contributed by atoms with van der Waals surface area (Å²) in [6.45, 7) is 1.42. The van der Waals surface area contributed by atoms with Crippen LogP contribution in [0.25, 0.3) is 11.3 Å². The molecule has 3 heterocycles. The summed E-state index contributed by atoms with van der Waals surface area (Å²) in [5.74, 6) is 2.08. The second-order valence-electron chi connectivity index (χ2n) is 7.39. The van der Waals surface area contributed by atoms with E-state index in [0.29, 0.717) is 47.4 Å². The fourth-order valence-electron chi connectivity index (χ4n) is 3.75. The van der Waals surface area contributed by atoms with Gasteiger partial charge < -0.3 is 32.8 Å². The molecule has 2 aromatic heterocycles. The number of methoxy groups -OCH3 is 3. The lowest BCUT2D eigenvalue weighted by molar-refractivity contribution is 0.0479. The number of nitrogens with zero attached hydrogens (tertiary/aromatic N) is 2. The Labute approximate surface area is 185 Å². The van der Waals surface area contributed by atoms with Gasteiger partial charge in [0.2, 0.25) is 5.75 Å². The maximum Gasteiger partial charge on any atom is 0.289 e. The van der Waals surface area contributed by atoms with Crippen LogP contribution in [0.5, 0.6) is 17.2 Å². The van der Waals surface area contributed by atoms with Crippen molar-refractivity contribution in [2.75, 3.05) is 34.5 Å². The van der Waals surface area contributed by atoms with Gasteiger partial charge in [0, 0.05) is 24.8 Å². The molecule has 170 valence electrons.